The molecular weight excluding hydrogens is 324 g/mol. The number of hydrogen-bond acceptors (Lipinski definition) is 0. The molecule has 0 bridgehead atoms. The van der Waals surface area contributed by atoms with Crippen molar-refractivity contribution in [1.29, 1.82) is 0 Å². The molecule has 0 saturated carbocycles. The Morgan fingerprint density at radius 3 is 1.11 bits per heavy atom. The van der Waals surface area contributed by atoms with Crippen LogP contribution in [0.5, 0.6) is 0 Å². The van der Waals surface area contributed by atoms with Crippen molar-refractivity contribution in [2.24, 2.45) is 46.3 Å². The van der Waals surface area contributed by atoms with Gasteiger partial charge in [-0.2, -0.15) is 0 Å². The van der Waals surface area contributed by atoms with E-state index in [-0.39, 0.29) is 0 Å². The first kappa shape index (κ1) is 29.2. The van der Waals surface area contributed by atoms with Crippen LogP contribution in [0.4, 0.5) is 0 Å². The fourth-order valence-corrected chi connectivity index (χ4v) is 3.62. The van der Waals surface area contributed by atoms with Gasteiger partial charge in [0.05, 0.1) is 0 Å². The minimum atomic E-state index is 0.473. The fourth-order valence-electron chi connectivity index (χ4n) is 3.62. The van der Waals surface area contributed by atoms with E-state index in [1.54, 1.807) is 0 Å². The summed E-state index contributed by atoms with van der Waals surface area (Å²) in [6.45, 7) is 33.0. The van der Waals surface area contributed by atoms with Gasteiger partial charge in [0, 0.05) is 0 Å². The maximum atomic E-state index is 2.41. The lowest BCUT2D eigenvalue weighted by Crippen LogP contribution is -2.22. The van der Waals surface area contributed by atoms with Crippen molar-refractivity contribution in [2.45, 2.75) is 129 Å². The van der Waals surface area contributed by atoms with Crippen molar-refractivity contribution < 1.29 is 0 Å². The molecule has 0 aliphatic heterocycles. The molecule has 0 nitrogen and oxygen atoms in total. The third-order valence-electron chi connectivity index (χ3n) is 7.34. The van der Waals surface area contributed by atoms with Crippen LogP contribution in [0.15, 0.2) is 0 Å². The van der Waals surface area contributed by atoms with E-state index >= 15 is 0 Å². The van der Waals surface area contributed by atoms with Crippen molar-refractivity contribution in [1.82, 2.24) is 0 Å². The molecule has 0 aliphatic rings. The van der Waals surface area contributed by atoms with Crippen LogP contribution in [-0.4, -0.2) is 0 Å². The number of rotatable bonds is 9. The van der Waals surface area contributed by atoms with E-state index in [4.69, 9.17) is 0 Å². The molecule has 0 radical (unpaired) electrons. The SMILES string of the molecule is CCC(CC(C)C(C)(C)C)C(C)C.CCCC(CC(C)C(C)(C)C)C(C)C. The summed E-state index contributed by atoms with van der Waals surface area (Å²) in [5.41, 5.74) is 0.948. The molecule has 0 heteroatoms. The van der Waals surface area contributed by atoms with Crippen molar-refractivity contribution in [2.75, 3.05) is 0 Å². The molecule has 0 fully saturated rings. The second-order valence-corrected chi connectivity index (χ2v) is 12.2. The van der Waals surface area contributed by atoms with Crippen molar-refractivity contribution >= 4 is 0 Å². The number of hydrogen-bond donors (Lipinski definition) is 0. The van der Waals surface area contributed by atoms with E-state index in [0.717, 1.165) is 35.5 Å². The third kappa shape index (κ3) is 13.8. The van der Waals surface area contributed by atoms with Gasteiger partial charge in [0.2, 0.25) is 0 Å². The van der Waals surface area contributed by atoms with E-state index in [2.05, 4.69) is 96.9 Å². The lowest BCUT2D eigenvalue weighted by molar-refractivity contribution is 0.184. The molecule has 0 saturated heterocycles. The first-order valence-electron chi connectivity index (χ1n) is 12.1. The second-order valence-electron chi connectivity index (χ2n) is 12.2. The Bertz CT molecular complexity index is 336. The summed E-state index contributed by atoms with van der Waals surface area (Å²) in [5, 5.41) is 0. The van der Waals surface area contributed by atoms with Crippen LogP contribution >= 0.6 is 0 Å². The van der Waals surface area contributed by atoms with Crippen LogP contribution < -0.4 is 0 Å². The van der Waals surface area contributed by atoms with Gasteiger partial charge in [-0.15, -0.1) is 0 Å². The van der Waals surface area contributed by atoms with Crippen LogP contribution in [0, 0.1) is 46.3 Å². The minimum Gasteiger partial charge on any atom is -0.0654 e. The molecule has 166 valence electrons. The van der Waals surface area contributed by atoms with Gasteiger partial charge < -0.3 is 0 Å². The molecule has 0 aromatic carbocycles. The van der Waals surface area contributed by atoms with Crippen LogP contribution in [0.2, 0.25) is 0 Å². The molecule has 0 aliphatic carbocycles. The van der Waals surface area contributed by atoms with E-state index in [9.17, 15) is 0 Å². The van der Waals surface area contributed by atoms with E-state index in [1.807, 2.05) is 0 Å². The Kier molecular flexibility index (Phi) is 14.3. The highest BCUT2D eigenvalue weighted by atomic mass is 14.3. The summed E-state index contributed by atoms with van der Waals surface area (Å²) < 4.78 is 0. The molecule has 4 atom stereocenters. The van der Waals surface area contributed by atoms with Gasteiger partial charge >= 0.3 is 0 Å². The minimum absolute atomic E-state index is 0.473. The maximum Gasteiger partial charge on any atom is -0.0357 e. The highest BCUT2D eigenvalue weighted by molar-refractivity contribution is 4.75. The Hall–Kier alpha value is 0. The topological polar surface area (TPSA) is 0 Å². The summed E-state index contributed by atoms with van der Waals surface area (Å²) in [6, 6.07) is 0. The Labute approximate surface area is 175 Å². The first-order chi connectivity index (χ1) is 12.1. The van der Waals surface area contributed by atoms with Crippen LogP contribution in [0.25, 0.3) is 0 Å². The van der Waals surface area contributed by atoms with Crippen LogP contribution in [-0.2, 0) is 0 Å². The lowest BCUT2D eigenvalue weighted by atomic mass is 9.74. The zero-order valence-electron chi connectivity index (χ0n) is 22.0. The van der Waals surface area contributed by atoms with Gasteiger partial charge in [-0.1, -0.05) is 116 Å². The average molecular weight is 383 g/mol. The predicted octanol–water partition coefficient (Wildman–Crippen LogP) is 9.87. The summed E-state index contributed by atoms with van der Waals surface area (Å²) in [7, 11) is 0. The van der Waals surface area contributed by atoms with Crippen LogP contribution in [0.1, 0.15) is 129 Å². The van der Waals surface area contributed by atoms with Crippen molar-refractivity contribution in [3.63, 3.8) is 0 Å². The molecule has 0 spiro atoms. The molecule has 0 heterocycles. The molecule has 0 rings (SSSR count). The third-order valence-corrected chi connectivity index (χ3v) is 7.34. The normalized spacial score (nSPS) is 17.3. The lowest BCUT2D eigenvalue weighted by Gasteiger charge is -2.32. The fraction of sp³-hybridized carbons (Fsp3) is 1.00. The molecule has 27 heavy (non-hydrogen) atoms. The molecule has 4 unspecified atom stereocenters. The van der Waals surface area contributed by atoms with Crippen LogP contribution in [0.3, 0.4) is 0 Å². The smallest absolute Gasteiger partial charge is 0.0357 e. The summed E-state index contributed by atoms with van der Waals surface area (Å²) >= 11 is 0. The highest BCUT2D eigenvalue weighted by Crippen LogP contribution is 2.35. The van der Waals surface area contributed by atoms with Gasteiger partial charge in [-0.05, 0) is 59.2 Å². The largest absolute Gasteiger partial charge is 0.0654 e. The zero-order valence-corrected chi connectivity index (χ0v) is 22.0. The second kappa shape index (κ2) is 13.3. The highest BCUT2D eigenvalue weighted by Gasteiger charge is 2.25. The molecule has 0 aromatic rings. The average Bonchev–Trinajstić information content (AvgIpc) is 2.49. The van der Waals surface area contributed by atoms with Gasteiger partial charge in [0.25, 0.3) is 0 Å². The molecule has 0 aromatic heterocycles. The summed E-state index contributed by atoms with van der Waals surface area (Å²) in [4.78, 5) is 0. The van der Waals surface area contributed by atoms with Gasteiger partial charge in [-0.25, -0.2) is 0 Å². The summed E-state index contributed by atoms with van der Waals surface area (Å²) in [5.74, 6) is 5.19. The first-order valence-corrected chi connectivity index (χ1v) is 12.1. The maximum absolute atomic E-state index is 2.41. The molecule has 0 N–H and O–H groups in total. The molecule has 0 amide bonds. The standard InChI is InChI=1S/C14H30.C13H28/c1-8-9-13(11(2)3)10-12(4)14(5,6)7;1-8-12(10(2)3)9-11(4)13(5,6)7/h11-13H,8-10H2,1-7H3;10-12H,8-9H2,1-7H3. The Morgan fingerprint density at radius 1 is 0.556 bits per heavy atom. The van der Waals surface area contributed by atoms with Gasteiger partial charge in [0.15, 0.2) is 0 Å². The van der Waals surface area contributed by atoms with Gasteiger partial charge in [0.1, 0.15) is 0 Å². The Morgan fingerprint density at radius 2 is 0.889 bits per heavy atom. The quantitative estimate of drug-likeness (QED) is 0.372. The van der Waals surface area contributed by atoms with Crippen molar-refractivity contribution in [3.8, 4) is 0 Å². The van der Waals surface area contributed by atoms with E-state index in [0.29, 0.717) is 10.8 Å². The van der Waals surface area contributed by atoms with E-state index in [1.165, 1.54) is 32.1 Å². The van der Waals surface area contributed by atoms with Gasteiger partial charge in [-0.3, -0.25) is 0 Å². The predicted molar refractivity (Wildman–Crippen MR) is 128 cm³/mol. The van der Waals surface area contributed by atoms with Crippen molar-refractivity contribution in [3.05, 3.63) is 0 Å². The monoisotopic (exact) mass is 382 g/mol. The zero-order chi connectivity index (χ0) is 22.0. The molecular formula is C27H58. The van der Waals surface area contributed by atoms with E-state index < -0.39 is 0 Å². The Balaban J connectivity index is 0. The summed E-state index contributed by atoms with van der Waals surface area (Å²) in [6.07, 6.45) is 6.85.